The third-order valence-electron chi connectivity index (χ3n) is 0. The molecule has 0 aromatic rings. The lowest BCUT2D eigenvalue weighted by atomic mass is 11.2. The van der Waals surface area contributed by atoms with Gasteiger partial charge < -0.3 is 0 Å². The molecule has 0 aliphatic heterocycles. The molecule has 0 unspecified atom stereocenters. The molecule has 0 aromatic carbocycles. The van der Waals surface area contributed by atoms with Gasteiger partial charge in [-0.15, -0.1) is 0 Å². The molecule has 0 fully saturated rings. The van der Waals surface area contributed by atoms with E-state index < -0.39 is 0 Å². The molecule has 4 heavy (non-hydrogen) atoms. The Morgan fingerprint density at radius 3 is 2.00 bits per heavy atom. The van der Waals surface area contributed by atoms with Crippen LogP contribution in [0.5, 0.6) is 0 Å². The SMILES string of the molecule is C=C([O])I. The van der Waals surface area contributed by atoms with E-state index in [0.29, 0.717) is 0 Å². The van der Waals surface area contributed by atoms with Crippen molar-refractivity contribution < 1.29 is 5.11 Å². The molecule has 0 saturated heterocycles. The van der Waals surface area contributed by atoms with Crippen LogP contribution in [0.1, 0.15) is 0 Å². The van der Waals surface area contributed by atoms with Crippen LogP contribution in [-0.4, -0.2) is 0 Å². The summed E-state index contributed by atoms with van der Waals surface area (Å²) >= 11 is 1.59. The maximum atomic E-state index is 9.32. The van der Waals surface area contributed by atoms with Crippen LogP contribution in [0.25, 0.3) is 0 Å². The Kier molecular flexibility index (Phi) is 1.68. The van der Waals surface area contributed by atoms with Crippen molar-refractivity contribution in [3.05, 3.63) is 10.3 Å². The van der Waals surface area contributed by atoms with Crippen LogP contribution in [0.15, 0.2) is 10.3 Å². The normalized spacial score (nSPS) is 6.25. The summed E-state index contributed by atoms with van der Waals surface area (Å²) in [4.78, 5) is 0. The van der Waals surface area contributed by atoms with E-state index in [-0.39, 0.29) is 3.77 Å². The van der Waals surface area contributed by atoms with Crippen molar-refractivity contribution in [3.63, 3.8) is 0 Å². The Bertz CT molecular complexity index is 29.0. The monoisotopic (exact) mass is 169 g/mol. The lowest BCUT2D eigenvalue weighted by Crippen LogP contribution is -1.39. The van der Waals surface area contributed by atoms with Crippen LogP contribution in [-0.2, 0) is 5.11 Å². The van der Waals surface area contributed by atoms with Crippen molar-refractivity contribution in [1.29, 1.82) is 0 Å². The Labute approximate surface area is 38.5 Å². The number of hydrogen-bond donors (Lipinski definition) is 0. The van der Waals surface area contributed by atoms with Crippen molar-refractivity contribution in [2.45, 2.75) is 0 Å². The predicted molar refractivity (Wildman–Crippen MR) is 23.8 cm³/mol. The Balaban J connectivity index is 2.80. The first-order valence-electron chi connectivity index (χ1n) is 0.747. The second-order valence-corrected chi connectivity index (χ2v) is 1.56. The number of hydrogen-bond acceptors (Lipinski definition) is 0. The molecule has 0 saturated carbocycles. The molecule has 0 bridgehead atoms. The molecular weight excluding hydrogens is 167 g/mol. The highest BCUT2D eigenvalue weighted by Gasteiger charge is 1.64. The number of rotatable bonds is 0. The lowest BCUT2D eigenvalue weighted by molar-refractivity contribution is 0.346. The summed E-state index contributed by atoms with van der Waals surface area (Å²) in [7, 11) is 0. The predicted octanol–water partition coefficient (Wildman–Crippen LogP) is 1.32. The summed E-state index contributed by atoms with van der Waals surface area (Å²) in [5.74, 6) is 0. The summed E-state index contributed by atoms with van der Waals surface area (Å²) in [5.41, 5.74) is 0. The maximum Gasteiger partial charge on any atom is 0.208 e. The molecule has 0 aliphatic rings. The van der Waals surface area contributed by atoms with Gasteiger partial charge in [-0.3, -0.25) is 5.11 Å². The average molecular weight is 169 g/mol. The second-order valence-electron chi connectivity index (χ2n) is 0.355. The van der Waals surface area contributed by atoms with Crippen LogP contribution < -0.4 is 0 Å². The molecule has 1 radical (unpaired) electrons. The first-order chi connectivity index (χ1) is 1.73. The van der Waals surface area contributed by atoms with Crippen molar-refractivity contribution in [1.82, 2.24) is 0 Å². The highest BCUT2D eigenvalue weighted by atomic mass is 127. The highest BCUT2D eigenvalue weighted by molar-refractivity contribution is 14.1. The van der Waals surface area contributed by atoms with E-state index in [0.717, 1.165) is 0 Å². The minimum absolute atomic E-state index is 0.113. The van der Waals surface area contributed by atoms with Crippen molar-refractivity contribution in [2.24, 2.45) is 0 Å². The first kappa shape index (κ1) is 4.27. The molecule has 0 atom stereocenters. The molecule has 0 N–H and O–H groups in total. The minimum Gasteiger partial charge on any atom is -0.284 e. The summed E-state index contributed by atoms with van der Waals surface area (Å²) < 4.78 is -0.113. The maximum absolute atomic E-state index is 9.32. The van der Waals surface area contributed by atoms with Crippen molar-refractivity contribution in [3.8, 4) is 0 Å². The van der Waals surface area contributed by atoms with Crippen LogP contribution in [0.2, 0.25) is 0 Å². The summed E-state index contributed by atoms with van der Waals surface area (Å²) in [6.45, 7) is 2.99. The van der Waals surface area contributed by atoms with Gasteiger partial charge in [0.2, 0.25) is 3.77 Å². The Morgan fingerprint density at radius 2 is 2.00 bits per heavy atom. The number of halogens is 1. The molecule has 23 valence electrons. The van der Waals surface area contributed by atoms with Crippen LogP contribution in [0.3, 0.4) is 0 Å². The zero-order chi connectivity index (χ0) is 3.58. The van der Waals surface area contributed by atoms with Gasteiger partial charge in [-0.1, -0.05) is 0 Å². The highest BCUT2D eigenvalue weighted by Crippen LogP contribution is 1.91. The molecule has 0 spiro atoms. The van der Waals surface area contributed by atoms with Gasteiger partial charge in [-0.2, -0.15) is 0 Å². The van der Waals surface area contributed by atoms with Gasteiger partial charge in [0.25, 0.3) is 0 Å². The third kappa shape index (κ3) is 50.2. The standard InChI is InChI=1S/C2H2IO/c1-2(3)4/h1H2. The second kappa shape index (κ2) is 1.58. The molecule has 0 aromatic heterocycles. The van der Waals surface area contributed by atoms with Crippen LogP contribution in [0, 0.1) is 0 Å². The largest absolute Gasteiger partial charge is 0.284 e. The van der Waals surface area contributed by atoms with Gasteiger partial charge in [0.1, 0.15) is 0 Å². The van der Waals surface area contributed by atoms with E-state index in [1.165, 1.54) is 0 Å². The molecule has 0 amide bonds. The van der Waals surface area contributed by atoms with E-state index in [1.54, 1.807) is 22.6 Å². The van der Waals surface area contributed by atoms with E-state index in [9.17, 15) is 5.11 Å². The summed E-state index contributed by atoms with van der Waals surface area (Å²) in [6, 6.07) is 0. The molecule has 0 rings (SSSR count). The topological polar surface area (TPSA) is 19.9 Å². The fraction of sp³-hybridized carbons (Fsp3) is 0. The van der Waals surface area contributed by atoms with Gasteiger partial charge in [-0.25, -0.2) is 0 Å². The zero-order valence-electron chi connectivity index (χ0n) is 1.99. The van der Waals surface area contributed by atoms with E-state index in [1.807, 2.05) is 0 Å². The van der Waals surface area contributed by atoms with E-state index in [4.69, 9.17) is 0 Å². The van der Waals surface area contributed by atoms with Gasteiger partial charge in [-0.05, 0) is 6.58 Å². The Morgan fingerprint density at radius 1 is 2.00 bits per heavy atom. The average Bonchev–Trinajstić information content (AvgIpc) is 0.811. The molecule has 0 aliphatic carbocycles. The third-order valence-corrected chi connectivity index (χ3v) is 0. The Hall–Kier alpha value is 0.270. The van der Waals surface area contributed by atoms with E-state index >= 15 is 0 Å². The minimum atomic E-state index is -0.113. The van der Waals surface area contributed by atoms with Crippen LogP contribution >= 0.6 is 22.6 Å². The fourth-order valence-corrected chi connectivity index (χ4v) is 0. The van der Waals surface area contributed by atoms with Gasteiger partial charge in [0.05, 0.1) is 0 Å². The van der Waals surface area contributed by atoms with Gasteiger partial charge in [0.15, 0.2) is 0 Å². The van der Waals surface area contributed by atoms with Gasteiger partial charge >= 0.3 is 0 Å². The van der Waals surface area contributed by atoms with Crippen molar-refractivity contribution >= 4 is 22.6 Å². The van der Waals surface area contributed by atoms with E-state index in [2.05, 4.69) is 6.58 Å². The lowest BCUT2D eigenvalue weighted by Gasteiger charge is -1.55. The fourth-order valence-electron chi connectivity index (χ4n) is 0. The molecular formula is C2H2IO. The smallest absolute Gasteiger partial charge is 0.208 e. The van der Waals surface area contributed by atoms with Crippen molar-refractivity contribution in [2.75, 3.05) is 0 Å². The quantitative estimate of drug-likeness (QED) is 0.385. The zero-order valence-corrected chi connectivity index (χ0v) is 4.15. The molecule has 1 nitrogen and oxygen atoms in total. The first-order valence-corrected chi connectivity index (χ1v) is 1.83. The summed E-state index contributed by atoms with van der Waals surface area (Å²) in [6.07, 6.45) is 0. The molecule has 2 heteroatoms. The summed E-state index contributed by atoms with van der Waals surface area (Å²) in [5, 5.41) is 9.32. The molecule has 0 heterocycles. The van der Waals surface area contributed by atoms with Crippen LogP contribution in [0.4, 0.5) is 0 Å². The van der Waals surface area contributed by atoms with Gasteiger partial charge in [0, 0.05) is 22.6 Å².